The lowest BCUT2D eigenvalue weighted by Crippen LogP contribution is -2.41. The van der Waals surface area contributed by atoms with Gasteiger partial charge in [-0.15, -0.1) is 0 Å². The number of ether oxygens (including phenoxy) is 1. The zero-order valence-electron chi connectivity index (χ0n) is 12.3. The van der Waals surface area contributed by atoms with Crippen LogP contribution in [-0.2, 0) is 14.1 Å². The second-order valence-electron chi connectivity index (χ2n) is 5.84. The summed E-state index contributed by atoms with van der Waals surface area (Å²) in [5, 5.41) is 0. The van der Waals surface area contributed by atoms with Gasteiger partial charge in [-0.1, -0.05) is 12.1 Å². The van der Waals surface area contributed by atoms with Gasteiger partial charge >= 0.3 is 13.1 Å². The predicted octanol–water partition coefficient (Wildman–Crippen LogP) is 0.850. The highest BCUT2D eigenvalue weighted by Gasteiger charge is 2.51. The van der Waals surface area contributed by atoms with Gasteiger partial charge in [0.05, 0.1) is 17.7 Å². The Morgan fingerprint density at radius 2 is 1.65 bits per heavy atom. The molecule has 6 heteroatoms. The van der Waals surface area contributed by atoms with Crippen LogP contribution in [0.15, 0.2) is 24.3 Å². The Balaban J connectivity index is 2.10. The van der Waals surface area contributed by atoms with Crippen molar-refractivity contribution in [2.24, 2.45) is 5.73 Å². The lowest BCUT2D eigenvalue weighted by molar-refractivity contribution is -0.132. The van der Waals surface area contributed by atoms with Crippen LogP contribution in [0.4, 0.5) is 0 Å². The molecule has 20 heavy (non-hydrogen) atoms. The fourth-order valence-corrected chi connectivity index (χ4v) is 1.85. The van der Waals surface area contributed by atoms with E-state index in [9.17, 15) is 4.79 Å². The van der Waals surface area contributed by atoms with Gasteiger partial charge in [0, 0.05) is 0 Å². The van der Waals surface area contributed by atoms with E-state index < -0.39 is 13.1 Å². The van der Waals surface area contributed by atoms with Crippen molar-refractivity contribution in [3.63, 3.8) is 0 Å². The predicted molar refractivity (Wildman–Crippen MR) is 76.8 cm³/mol. The van der Waals surface area contributed by atoms with E-state index in [2.05, 4.69) is 0 Å². The summed E-state index contributed by atoms with van der Waals surface area (Å²) in [5.74, 6) is -0.00546. The van der Waals surface area contributed by atoms with Crippen molar-refractivity contribution in [1.29, 1.82) is 0 Å². The van der Waals surface area contributed by atoms with E-state index in [1.54, 1.807) is 12.1 Å². The van der Waals surface area contributed by atoms with E-state index in [4.69, 9.17) is 19.8 Å². The van der Waals surface area contributed by atoms with Crippen molar-refractivity contribution in [1.82, 2.24) is 0 Å². The molecule has 0 atom stereocenters. The minimum atomic E-state index is -0.464. The quantitative estimate of drug-likeness (QED) is 0.504. The maximum Gasteiger partial charge on any atom is 0.494 e. The standard InChI is InChI=1S/C14H20BNO4/c1-13(2)14(3,4)20-15(19-13)10-5-7-11(8-6-10)18-12(17)9-16/h5-8H,9,16H2,1-4H3. The number of hydrogen-bond donors (Lipinski definition) is 1. The van der Waals surface area contributed by atoms with Gasteiger partial charge in [-0.05, 0) is 45.3 Å². The second kappa shape index (κ2) is 5.20. The summed E-state index contributed by atoms with van der Waals surface area (Å²) in [5.41, 5.74) is 5.33. The number of benzene rings is 1. The van der Waals surface area contributed by atoms with Crippen molar-refractivity contribution in [3.8, 4) is 5.75 Å². The molecule has 0 aliphatic carbocycles. The van der Waals surface area contributed by atoms with Crippen LogP contribution in [0.5, 0.6) is 5.75 Å². The lowest BCUT2D eigenvalue weighted by atomic mass is 9.79. The SMILES string of the molecule is CC1(C)OB(c2ccc(OC(=O)CN)cc2)OC1(C)C. The van der Waals surface area contributed by atoms with Gasteiger partial charge < -0.3 is 19.8 Å². The topological polar surface area (TPSA) is 70.8 Å². The smallest absolute Gasteiger partial charge is 0.426 e. The Kier molecular flexibility index (Phi) is 3.91. The van der Waals surface area contributed by atoms with E-state index in [1.807, 2.05) is 39.8 Å². The third-order valence-electron chi connectivity index (χ3n) is 3.80. The fraction of sp³-hybridized carbons (Fsp3) is 0.500. The van der Waals surface area contributed by atoms with Gasteiger partial charge in [0.1, 0.15) is 5.75 Å². The zero-order chi connectivity index (χ0) is 15.0. The highest BCUT2D eigenvalue weighted by molar-refractivity contribution is 6.62. The normalized spacial score (nSPS) is 19.9. The summed E-state index contributed by atoms with van der Waals surface area (Å²) in [6, 6.07) is 7.05. The molecule has 108 valence electrons. The molecule has 1 aromatic rings. The number of rotatable bonds is 3. The number of esters is 1. The first kappa shape index (κ1) is 15.0. The largest absolute Gasteiger partial charge is 0.494 e. The first-order chi connectivity index (χ1) is 9.25. The molecule has 0 amide bonds. The van der Waals surface area contributed by atoms with E-state index >= 15 is 0 Å². The molecule has 1 saturated heterocycles. The monoisotopic (exact) mass is 277 g/mol. The molecule has 1 fully saturated rings. The van der Waals surface area contributed by atoms with Crippen LogP contribution in [0.2, 0.25) is 0 Å². The summed E-state index contributed by atoms with van der Waals surface area (Å²) < 4.78 is 16.9. The molecular weight excluding hydrogens is 257 g/mol. The maximum atomic E-state index is 11.1. The molecule has 2 rings (SSSR count). The molecule has 0 bridgehead atoms. The summed E-state index contributed by atoms with van der Waals surface area (Å²) >= 11 is 0. The van der Waals surface area contributed by atoms with Crippen molar-refractivity contribution in [3.05, 3.63) is 24.3 Å². The first-order valence-electron chi connectivity index (χ1n) is 6.61. The van der Waals surface area contributed by atoms with Crippen LogP contribution in [-0.4, -0.2) is 30.8 Å². The minimum Gasteiger partial charge on any atom is -0.426 e. The highest BCUT2D eigenvalue weighted by Crippen LogP contribution is 2.36. The molecule has 1 aliphatic rings. The van der Waals surface area contributed by atoms with Crippen LogP contribution in [0.25, 0.3) is 0 Å². The molecule has 0 aromatic heterocycles. The second-order valence-corrected chi connectivity index (χ2v) is 5.84. The summed E-state index contributed by atoms with van der Waals surface area (Å²) in [4.78, 5) is 11.1. The molecule has 1 aromatic carbocycles. The molecule has 1 heterocycles. The van der Waals surface area contributed by atoms with Crippen LogP contribution in [0, 0.1) is 0 Å². The molecule has 0 saturated carbocycles. The minimum absolute atomic E-state index is 0.140. The Labute approximate surface area is 119 Å². The average Bonchev–Trinajstić information content (AvgIpc) is 2.59. The third-order valence-corrected chi connectivity index (χ3v) is 3.80. The highest BCUT2D eigenvalue weighted by atomic mass is 16.7. The molecule has 5 nitrogen and oxygen atoms in total. The van der Waals surface area contributed by atoms with Gasteiger partial charge in [-0.3, -0.25) is 4.79 Å². The van der Waals surface area contributed by atoms with Crippen LogP contribution >= 0.6 is 0 Å². The van der Waals surface area contributed by atoms with Crippen LogP contribution < -0.4 is 15.9 Å². The van der Waals surface area contributed by atoms with Gasteiger partial charge in [0.15, 0.2) is 0 Å². The number of carbonyl (C=O) groups excluding carboxylic acids is 1. The average molecular weight is 277 g/mol. The van der Waals surface area contributed by atoms with E-state index in [-0.39, 0.29) is 17.7 Å². The molecular formula is C14H20BNO4. The zero-order valence-corrected chi connectivity index (χ0v) is 12.3. The molecule has 0 radical (unpaired) electrons. The van der Waals surface area contributed by atoms with Crippen molar-refractivity contribution in [2.75, 3.05) is 6.54 Å². The van der Waals surface area contributed by atoms with Gasteiger partial charge in [0.25, 0.3) is 0 Å². The first-order valence-corrected chi connectivity index (χ1v) is 6.61. The van der Waals surface area contributed by atoms with E-state index in [0.717, 1.165) is 5.46 Å². The summed E-state index contributed by atoms with van der Waals surface area (Å²) in [7, 11) is -0.417. The Morgan fingerprint density at radius 3 is 2.10 bits per heavy atom. The molecule has 0 spiro atoms. The fourth-order valence-electron chi connectivity index (χ4n) is 1.85. The number of nitrogens with two attached hydrogens (primary N) is 1. The van der Waals surface area contributed by atoms with Crippen LogP contribution in [0.1, 0.15) is 27.7 Å². The Hall–Kier alpha value is -1.37. The number of hydrogen-bond acceptors (Lipinski definition) is 5. The Morgan fingerprint density at radius 1 is 1.15 bits per heavy atom. The van der Waals surface area contributed by atoms with Crippen molar-refractivity contribution < 1.29 is 18.8 Å². The van der Waals surface area contributed by atoms with Crippen molar-refractivity contribution >= 4 is 18.6 Å². The van der Waals surface area contributed by atoms with Gasteiger partial charge in [-0.2, -0.15) is 0 Å². The Bertz CT molecular complexity index is 482. The van der Waals surface area contributed by atoms with Crippen molar-refractivity contribution in [2.45, 2.75) is 38.9 Å². The van der Waals surface area contributed by atoms with E-state index in [0.29, 0.717) is 5.75 Å². The lowest BCUT2D eigenvalue weighted by Gasteiger charge is -2.32. The summed E-state index contributed by atoms with van der Waals surface area (Å²) in [6.45, 7) is 7.88. The van der Waals surface area contributed by atoms with E-state index in [1.165, 1.54) is 0 Å². The third kappa shape index (κ3) is 2.87. The maximum absolute atomic E-state index is 11.1. The summed E-state index contributed by atoms with van der Waals surface area (Å²) in [6.07, 6.45) is 0. The van der Waals surface area contributed by atoms with Gasteiger partial charge in [0.2, 0.25) is 0 Å². The molecule has 0 unspecified atom stereocenters. The molecule has 1 aliphatic heterocycles. The van der Waals surface area contributed by atoms with Crippen LogP contribution in [0.3, 0.4) is 0 Å². The number of carbonyl (C=O) groups is 1. The molecule has 2 N–H and O–H groups in total. The van der Waals surface area contributed by atoms with Gasteiger partial charge in [-0.25, -0.2) is 0 Å².